The number of hydrogen-bond acceptors (Lipinski definition) is 5. The second-order valence-electron chi connectivity index (χ2n) is 7.67. The van der Waals surface area contributed by atoms with Gasteiger partial charge in [-0.3, -0.25) is 9.36 Å². The van der Waals surface area contributed by atoms with Crippen LogP contribution in [0.15, 0.2) is 40.3 Å². The summed E-state index contributed by atoms with van der Waals surface area (Å²) in [7, 11) is 0. The fourth-order valence-corrected chi connectivity index (χ4v) is 4.61. The Morgan fingerprint density at radius 2 is 1.67 bits per heavy atom. The molecule has 0 amide bonds. The molecule has 0 bridgehead atoms. The SMILES string of the molecule is CCCCCCc1c(O)nc(SCCN(CCC)CCC)n(-c2ccccc2)c1=O. The molecule has 1 aromatic carbocycles. The van der Waals surface area contributed by atoms with Gasteiger partial charge in [0.25, 0.3) is 5.56 Å². The number of hydrogen-bond donors (Lipinski definition) is 1. The van der Waals surface area contributed by atoms with Crippen molar-refractivity contribution in [2.24, 2.45) is 0 Å². The molecule has 6 heteroatoms. The lowest BCUT2D eigenvalue weighted by atomic mass is 10.1. The van der Waals surface area contributed by atoms with Crippen LogP contribution in [0.5, 0.6) is 5.88 Å². The van der Waals surface area contributed by atoms with E-state index in [-0.39, 0.29) is 11.4 Å². The molecule has 1 aromatic heterocycles. The van der Waals surface area contributed by atoms with Crippen LogP contribution in [0.3, 0.4) is 0 Å². The highest BCUT2D eigenvalue weighted by atomic mass is 32.2. The summed E-state index contributed by atoms with van der Waals surface area (Å²) in [6.07, 6.45) is 7.05. The number of para-hydroxylation sites is 1. The van der Waals surface area contributed by atoms with Crippen LogP contribution in [0.4, 0.5) is 0 Å². The third kappa shape index (κ3) is 7.17. The number of thioether (sulfide) groups is 1. The van der Waals surface area contributed by atoms with Crippen LogP contribution in [-0.4, -0.2) is 44.9 Å². The smallest absolute Gasteiger partial charge is 0.265 e. The summed E-state index contributed by atoms with van der Waals surface area (Å²) in [4.78, 5) is 20.2. The van der Waals surface area contributed by atoms with Crippen molar-refractivity contribution >= 4 is 11.8 Å². The minimum absolute atomic E-state index is 0.106. The Morgan fingerprint density at radius 3 is 2.30 bits per heavy atom. The fraction of sp³-hybridized carbons (Fsp3) is 0.583. The Balaban J connectivity index is 2.26. The molecule has 0 fully saturated rings. The first kappa shape index (κ1) is 24.5. The van der Waals surface area contributed by atoms with Gasteiger partial charge in [0.15, 0.2) is 5.16 Å². The van der Waals surface area contributed by atoms with Gasteiger partial charge in [-0.15, -0.1) is 0 Å². The van der Waals surface area contributed by atoms with E-state index in [0.717, 1.165) is 69.6 Å². The zero-order valence-corrected chi connectivity index (χ0v) is 19.6. The summed E-state index contributed by atoms with van der Waals surface area (Å²) in [5.41, 5.74) is 1.08. The van der Waals surface area contributed by atoms with Crippen molar-refractivity contribution in [1.82, 2.24) is 14.5 Å². The molecule has 0 aliphatic heterocycles. The highest BCUT2D eigenvalue weighted by Gasteiger charge is 2.18. The Kier molecular flexibility index (Phi) is 11.0. The molecule has 0 radical (unpaired) electrons. The zero-order valence-electron chi connectivity index (χ0n) is 18.8. The van der Waals surface area contributed by atoms with Crippen LogP contribution in [0.25, 0.3) is 5.69 Å². The van der Waals surface area contributed by atoms with E-state index >= 15 is 0 Å². The lowest BCUT2D eigenvalue weighted by molar-refractivity contribution is 0.292. The molecule has 5 nitrogen and oxygen atoms in total. The van der Waals surface area contributed by atoms with Crippen LogP contribution in [-0.2, 0) is 6.42 Å². The van der Waals surface area contributed by atoms with Crippen molar-refractivity contribution < 1.29 is 5.11 Å². The number of nitrogens with zero attached hydrogens (tertiary/aromatic N) is 3. The summed E-state index contributed by atoms with van der Waals surface area (Å²) in [5.74, 6) is 0.722. The van der Waals surface area contributed by atoms with Crippen molar-refractivity contribution in [3.63, 3.8) is 0 Å². The molecule has 1 N–H and O–H groups in total. The topological polar surface area (TPSA) is 58.4 Å². The third-order valence-electron chi connectivity index (χ3n) is 5.14. The molecule has 30 heavy (non-hydrogen) atoms. The molecule has 0 aliphatic rings. The van der Waals surface area contributed by atoms with E-state index in [1.807, 2.05) is 30.3 Å². The summed E-state index contributed by atoms with van der Waals surface area (Å²) >= 11 is 1.54. The van der Waals surface area contributed by atoms with Crippen LogP contribution in [0.1, 0.15) is 64.9 Å². The predicted molar refractivity (Wildman–Crippen MR) is 127 cm³/mol. The van der Waals surface area contributed by atoms with Crippen molar-refractivity contribution in [2.75, 3.05) is 25.4 Å². The van der Waals surface area contributed by atoms with E-state index in [4.69, 9.17) is 0 Å². The molecule has 0 aliphatic carbocycles. The van der Waals surface area contributed by atoms with Gasteiger partial charge in [0, 0.05) is 12.3 Å². The molecule has 0 spiro atoms. The maximum atomic E-state index is 13.3. The van der Waals surface area contributed by atoms with Crippen LogP contribution in [0.2, 0.25) is 0 Å². The van der Waals surface area contributed by atoms with Crippen molar-refractivity contribution in [3.8, 4) is 11.6 Å². The number of benzene rings is 1. The second kappa shape index (κ2) is 13.5. The number of rotatable bonds is 14. The first-order valence-electron chi connectivity index (χ1n) is 11.4. The van der Waals surface area contributed by atoms with E-state index in [0.29, 0.717) is 17.1 Å². The van der Waals surface area contributed by atoms with Gasteiger partial charge in [0.05, 0.1) is 11.3 Å². The van der Waals surface area contributed by atoms with Gasteiger partial charge in [-0.05, 0) is 50.9 Å². The summed E-state index contributed by atoms with van der Waals surface area (Å²) in [6.45, 7) is 9.65. The molecule has 2 rings (SSSR count). The van der Waals surface area contributed by atoms with Gasteiger partial charge in [-0.2, -0.15) is 4.98 Å². The molecule has 1 heterocycles. The van der Waals surface area contributed by atoms with Gasteiger partial charge < -0.3 is 10.0 Å². The number of unbranched alkanes of at least 4 members (excludes halogenated alkanes) is 3. The largest absolute Gasteiger partial charge is 0.493 e. The molecule has 0 unspecified atom stereocenters. The van der Waals surface area contributed by atoms with Gasteiger partial charge in [0.2, 0.25) is 5.88 Å². The molecule has 0 atom stereocenters. The standard InChI is InChI=1S/C24H37N3O2S/c1-4-7-8-12-15-21-22(28)25-24(30-19-18-26(16-5-2)17-6-3)27(23(21)29)20-13-10-9-11-14-20/h9-11,13-14,28H,4-8,12,15-19H2,1-3H3. The minimum Gasteiger partial charge on any atom is -0.493 e. The van der Waals surface area contributed by atoms with Crippen molar-refractivity contribution in [2.45, 2.75) is 70.9 Å². The molecule has 0 saturated heterocycles. The van der Waals surface area contributed by atoms with Gasteiger partial charge in [0.1, 0.15) is 0 Å². The Morgan fingerprint density at radius 1 is 0.967 bits per heavy atom. The average Bonchev–Trinajstić information content (AvgIpc) is 2.74. The molecular formula is C24H37N3O2S. The highest BCUT2D eigenvalue weighted by molar-refractivity contribution is 7.99. The Hall–Kier alpha value is -1.79. The van der Waals surface area contributed by atoms with Gasteiger partial charge in [-0.25, -0.2) is 0 Å². The average molecular weight is 432 g/mol. The normalized spacial score (nSPS) is 11.3. The second-order valence-corrected chi connectivity index (χ2v) is 8.74. The summed E-state index contributed by atoms with van der Waals surface area (Å²) < 4.78 is 1.67. The van der Waals surface area contributed by atoms with E-state index in [9.17, 15) is 9.90 Å². The zero-order chi connectivity index (χ0) is 21.8. The third-order valence-corrected chi connectivity index (χ3v) is 6.06. The maximum Gasteiger partial charge on any atom is 0.265 e. The van der Waals surface area contributed by atoms with Gasteiger partial charge >= 0.3 is 0 Å². The quantitative estimate of drug-likeness (QED) is 0.251. The van der Waals surface area contributed by atoms with E-state index in [1.165, 1.54) is 0 Å². The molecular weight excluding hydrogens is 394 g/mol. The first-order valence-corrected chi connectivity index (χ1v) is 12.4. The van der Waals surface area contributed by atoms with Crippen molar-refractivity contribution in [1.29, 1.82) is 0 Å². The summed E-state index contributed by atoms with van der Waals surface area (Å²) in [6, 6.07) is 9.63. The van der Waals surface area contributed by atoms with E-state index < -0.39 is 0 Å². The fourth-order valence-electron chi connectivity index (χ4n) is 3.61. The number of aromatic nitrogens is 2. The minimum atomic E-state index is -0.147. The summed E-state index contributed by atoms with van der Waals surface area (Å²) in [5, 5.41) is 11.1. The van der Waals surface area contributed by atoms with E-state index in [2.05, 4.69) is 30.7 Å². The Labute approximate surface area is 185 Å². The molecule has 2 aromatic rings. The Bertz CT molecular complexity index is 802. The van der Waals surface area contributed by atoms with Crippen molar-refractivity contribution in [3.05, 3.63) is 46.2 Å². The van der Waals surface area contributed by atoms with Crippen LogP contribution in [0, 0.1) is 0 Å². The van der Waals surface area contributed by atoms with Crippen LogP contribution < -0.4 is 5.56 Å². The van der Waals surface area contributed by atoms with Gasteiger partial charge in [-0.1, -0.05) is 70.0 Å². The number of aromatic hydroxyl groups is 1. The van der Waals surface area contributed by atoms with Crippen LogP contribution >= 0.6 is 11.8 Å². The van der Waals surface area contributed by atoms with E-state index in [1.54, 1.807) is 16.3 Å². The first-order chi connectivity index (χ1) is 14.6. The predicted octanol–water partition coefficient (Wildman–Crippen LogP) is 5.28. The lowest BCUT2D eigenvalue weighted by Gasteiger charge is -2.21. The maximum absolute atomic E-state index is 13.3. The monoisotopic (exact) mass is 431 g/mol. The highest BCUT2D eigenvalue weighted by Crippen LogP contribution is 2.23. The molecule has 166 valence electrons. The molecule has 0 saturated carbocycles. The lowest BCUT2D eigenvalue weighted by Crippen LogP contribution is -2.29.